The first kappa shape index (κ1) is 16.2. The van der Waals surface area contributed by atoms with Crippen molar-refractivity contribution >= 4 is 16.0 Å². The van der Waals surface area contributed by atoms with Crippen LogP contribution in [-0.2, 0) is 10.2 Å². The molecule has 0 radical (unpaired) electrons. The molecule has 0 saturated carbocycles. The molecule has 0 bridgehead atoms. The first-order valence-electron chi connectivity index (χ1n) is 6.21. The maximum absolute atomic E-state index is 12.3. The van der Waals surface area contributed by atoms with Crippen LogP contribution >= 0.6 is 0 Å². The Morgan fingerprint density at radius 3 is 2.32 bits per heavy atom. The van der Waals surface area contributed by atoms with Crippen LogP contribution in [0.1, 0.15) is 13.8 Å². The molecular weight excluding hydrogens is 270 g/mol. The highest BCUT2D eigenvalue weighted by Crippen LogP contribution is 2.13. The van der Waals surface area contributed by atoms with Gasteiger partial charge in [-0.3, -0.25) is 4.90 Å². The van der Waals surface area contributed by atoms with Crippen molar-refractivity contribution in [2.24, 2.45) is 10.9 Å². The molecular formula is C10H23N5O3S. The van der Waals surface area contributed by atoms with E-state index in [0.717, 1.165) is 0 Å². The Morgan fingerprint density at radius 1 is 1.37 bits per heavy atom. The van der Waals surface area contributed by atoms with Gasteiger partial charge in [-0.1, -0.05) is 5.16 Å². The van der Waals surface area contributed by atoms with E-state index in [-0.39, 0.29) is 11.9 Å². The Morgan fingerprint density at radius 2 is 1.89 bits per heavy atom. The van der Waals surface area contributed by atoms with Crippen molar-refractivity contribution in [3.8, 4) is 0 Å². The Labute approximate surface area is 114 Å². The zero-order chi connectivity index (χ0) is 14.6. The van der Waals surface area contributed by atoms with Crippen LogP contribution in [0.4, 0.5) is 0 Å². The van der Waals surface area contributed by atoms with Crippen molar-refractivity contribution in [3.05, 3.63) is 0 Å². The van der Waals surface area contributed by atoms with Crippen molar-refractivity contribution < 1.29 is 13.6 Å². The standard InChI is InChI=1S/C10H23N5O3S/c1-9(2)13(3)19(17,18)15-6-4-14(5-7-15)8-10(11)12-16/h9,16H,4-8H2,1-3H3,(H2,11,12). The third kappa shape index (κ3) is 4.03. The number of piperazine rings is 1. The van der Waals surface area contributed by atoms with Crippen molar-refractivity contribution in [2.75, 3.05) is 39.8 Å². The predicted molar refractivity (Wildman–Crippen MR) is 73.2 cm³/mol. The summed E-state index contributed by atoms with van der Waals surface area (Å²) in [6.07, 6.45) is 0. The average molecular weight is 293 g/mol. The molecule has 0 atom stereocenters. The summed E-state index contributed by atoms with van der Waals surface area (Å²) in [5.41, 5.74) is 5.43. The highest BCUT2D eigenvalue weighted by Gasteiger charge is 2.31. The molecule has 0 aromatic heterocycles. The number of oxime groups is 1. The number of hydrogen-bond donors (Lipinski definition) is 2. The normalized spacial score (nSPS) is 20.4. The molecule has 19 heavy (non-hydrogen) atoms. The van der Waals surface area contributed by atoms with Crippen LogP contribution in [0.15, 0.2) is 5.16 Å². The number of amidine groups is 1. The third-order valence-electron chi connectivity index (χ3n) is 3.26. The zero-order valence-corrected chi connectivity index (χ0v) is 12.5. The van der Waals surface area contributed by atoms with E-state index in [1.165, 1.54) is 8.61 Å². The van der Waals surface area contributed by atoms with Crippen molar-refractivity contribution in [2.45, 2.75) is 19.9 Å². The van der Waals surface area contributed by atoms with Crippen LogP contribution in [0.25, 0.3) is 0 Å². The second-order valence-electron chi connectivity index (χ2n) is 4.88. The summed E-state index contributed by atoms with van der Waals surface area (Å²) < 4.78 is 27.3. The Hall–Kier alpha value is -0.900. The van der Waals surface area contributed by atoms with Crippen LogP contribution < -0.4 is 5.73 Å². The van der Waals surface area contributed by atoms with Gasteiger partial charge in [0.2, 0.25) is 0 Å². The number of hydrogen-bond acceptors (Lipinski definition) is 5. The quantitative estimate of drug-likeness (QED) is 0.291. The minimum absolute atomic E-state index is 0.0693. The lowest BCUT2D eigenvalue weighted by Crippen LogP contribution is -2.54. The van der Waals surface area contributed by atoms with Crippen molar-refractivity contribution in [1.29, 1.82) is 0 Å². The lowest BCUT2D eigenvalue weighted by molar-refractivity contribution is 0.197. The second-order valence-corrected chi connectivity index (χ2v) is 6.87. The Kier molecular flexibility index (Phi) is 5.53. The molecule has 1 aliphatic rings. The molecule has 112 valence electrons. The van der Waals surface area contributed by atoms with E-state index in [1.807, 2.05) is 18.7 Å². The lowest BCUT2D eigenvalue weighted by Gasteiger charge is -2.36. The maximum Gasteiger partial charge on any atom is 0.282 e. The van der Waals surface area contributed by atoms with E-state index in [4.69, 9.17) is 10.9 Å². The average Bonchev–Trinajstić information content (AvgIpc) is 2.38. The Balaban J connectivity index is 2.59. The van der Waals surface area contributed by atoms with Gasteiger partial charge < -0.3 is 10.9 Å². The molecule has 0 aromatic rings. The summed E-state index contributed by atoms with van der Waals surface area (Å²) in [7, 11) is -1.80. The molecule has 0 aliphatic carbocycles. The predicted octanol–water partition coefficient (Wildman–Crippen LogP) is -1.06. The fourth-order valence-electron chi connectivity index (χ4n) is 1.83. The molecule has 1 fully saturated rings. The van der Waals surface area contributed by atoms with Gasteiger partial charge in [0.15, 0.2) is 5.84 Å². The molecule has 1 heterocycles. The first-order valence-corrected chi connectivity index (χ1v) is 7.60. The zero-order valence-electron chi connectivity index (χ0n) is 11.7. The number of nitrogens with zero attached hydrogens (tertiary/aromatic N) is 4. The van der Waals surface area contributed by atoms with E-state index in [2.05, 4.69) is 5.16 Å². The fraction of sp³-hybridized carbons (Fsp3) is 0.900. The van der Waals surface area contributed by atoms with Gasteiger partial charge >= 0.3 is 0 Å². The molecule has 9 heteroatoms. The van der Waals surface area contributed by atoms with Crippen LogP contribution in [0.2, 0.25) is 0 Å². The highest BCUT2D eigenvalue weighted by atomic mass is 32.2. The first-order chi connectivity index (χ1) is 8.78. The van der Waals surface area contributed by atoms with E-state index in [9.17, 15) is 8.42 Å². The summed E-state index contributed by atoms with van der Waals surface area (Å²) in [6, 6.07) is -0.0693. The summed E-state index contributed by atoms with van der Waals surface area (Å²) in [5, 5.41) is 11.4. The van der Waals surface area contributed by atoms with Crippen LogP contribution in [-0.4, -0.2) is 78.8 Å². The van der Waals surface area contributed by atoms with Gasteiger partial charge in [-0.25, -0.2) is 0 Å². The molecule has 8 nitrogen and oxygen atoms in total. The van der Waals surface area contributed by atoms with Crippen LogP contribution in [0.5, 0.6) is 0 Å². The third-order valence-corrected chi connectivity index (χ3v) is 5.43. The van der Waals surface area contributed by atoms with Gasteiger partial charge in [-0.15, -0.1) is 0 Å². The van der Waals surface area contributed by atoms with Gasteiger partial charge in [-0.05, 0) is 13.8 Å². The summed E-state index contributed by atoms with van der Waals surface area (Å²) in [6.45, 7) is 6.00. The van der Waals surface area contributed by atoms with Gasteiger partial charge in [0.25, 0.3) is 10.2 Å². The SMILES string of the molecule is CC(C)N(C)S(=O)(=O)N1CCN(CC(N)=NO)CC1. The van der Waals surface area contributed by atoms with Crippen LogP contribution in [0.3, 0.4) is 0 Å². The molecule has 0 amide bonds. The lowest BCUT2D eigenvalue weighted by atomic mass is 10.3. The fourth-order valence-corrected chi connectivity index (χ4v) is 3.35. The van der Waals surface area contributed by atoms with E-state index < -0.39 is 10.2 Å². The summed E-state index contributed by atoms with van der Waals surface area (Å²) >= 11 is 0. The monoisotopic (exact) mass is 293 g/mol. The molecule has 1 aliphatic heterocycles. The topological polar surface area (TPSA) is 102 Å². The molecule has 0 unspecified atom stereocenters. The molecule has 0 spiro atoms. The molecule has 0 aromatic carbocycles. The van der Waals surface area contributed by atoms with Gasteiger partial charge in [-0.2, -0.15) is 17.0 Å². The van der Waals surface area contributed by atoms with E-state index >= 15 is 0 Å². The van der Waals surface area contributed by atoms with Gasteiger partial charge in [0.1, 0.15) is 0 Å². The smallest absolute Gasteiger partial charge is 0.282 e. The van der Waals surface area contributed by atoms with Crippen LogP contribution in [0, 0.1) is 0 Å². The number of nitrogens with two attached hydrogens (primary N) is 1. The minimum Gasteiger partial charge on any atom is -0.409 e. The van der Waals surface area contributed by atoms with Crippen molar-refractivity contribution in [3.63, 3.8) is 0 Å². The summed E-state index contributed by atoms with van der Waals surface area (Å²) in [5.74, 6) is 0.135. The maximum atomic E-state index is 12.3. The minimum atomic E-state index is -3.39. The van der Waals surface area contributed by atoms with Gasteiger partial charge in [0, 0.05) is 39.3 Å². The largest absolute Gasteiger partial charge is 0.409 e. The molecule has 1 rings (SSSR count). The van der Waals surface area contributed by atoms with E-state index in [0.29, 0.717) is 32.7 Å². The molecule has 3 N–H and O–H groups in total. The Bertz CT molecular complexity index is 415. The van der Waals surface area contributed by atoms with Crippen molar-refractivity contribution in [1.82, 2.24) is 13.5 Å². The number of rotatable bonds is 5. The second kappa shape index (κ2) is 6.51. The van der Waals surface area contributed by atoms with E-state index in [1.54, 1.807) is 7.05 Å². The summed E-state index contributed by atoms with van der Waals surface area (Å²) in [4.78, 5) is 1.95. The van der Waals surface area contributed by atoms with Gasteiger partial charge in [0.05, 0.1) is 6.54 Å². The highest BCUT2D eigenvalue weighted by molar-refractivity contribution is 7.86. The molecule has 1 saturated heterocycles.